The second kappa shape index (κ2) is 9.89. The Bertz CT molecular complexity index is 1490. The normalized spacial score (nSPS) is 23.3. The van der Waals surface area contributed by atoms with Crippen LogP contribution in [0.15, 0.2) is 59.0 Å². The van der Waals surface area contributed by atoms with Gasteiger partial charge in [0.05, 0.1) is 10.5 Å². The molecule has 1 N–H and O–H groups in total. The largest absolute Gasteiger partial charge is 0.507 e. The number of likely N-dealkylation sites (tertiary alicyclic amines) is 1. The predicted octanol–water partition coefficient (Wildman–Crippen LogP) is 1.98. The van der Waals surface area contributed by atoms with Crippen molar-refractivity contribution < 1.29 is 27.9 Å². The highest BCUT2D eigenvalue weighted by molar-refractivity contribution is 7.89. The molecule has 3 aliphatic heterocycles. The van der Waals surface area contributed by atoms with E-state index in [0.29, 0.717) is 30.9 Å². The number of rotatable bonds is 6. The Hall–Kier alpha value is -3.54. The summed E-state index contributed by atoms with van der Waals surface area (Å²) in [5.41, 5.74) is -1.26. The summed E-state index contributed by atoms with van der Waals surface area (Å²) in [7, 11) is 1.36. The van der Waals surface area contributed by atoms with E-state index in [-0.39, 0.29) is 22.6 Å². The highest BCUT2D eigenvalue weighted by atomic mass is 32.2. The number of nitrogens with zero attached hydrogens (tertiary/aromatic N) is 4. The third-order valence-corrected chi connectivity index (χ3v) is 9.67. The number of ketones is 1. The average Bonchev–Trinajstić information content (AvgIpc) is 3.30. The maximum absolute atomic E-state index is 14.0. The Kier molecular flexibility index (Phi) is 6.86. The first-order chi connectivity index (χ1) is 18.5. The second-order valence-electron chi connectivity index (χ2n) is 10.4. The zero-order valence-electron chi connectivity index (χ0n) is 22.3. The van der Waals surface area contributed by atoms with E-state index in [2.05, 4.69) is 0 Å². The fraction of sp³-hybridized carbons (Fsp3) is 0.393. The van der Waals surface area contributed by atoms with Crippen LogP contribution in [0.3, 0.4) is 0 Å². The molecule has 206 valence electrons. The number of sulfonamides is 1. The number of Topliss-reactive ketones (excluding diaryl/α,β-unsaturated/α-hetero) is 1. The number of likely N-dealkylation sites (N-methyl/N-ethyl adjacent to an activating group) is 2. The van der Waals surface area contributed by atoms with Gasteiger partial charge in [-0.05, 0) is 45.1 Å². The summed E-state index contributed by atoms with van der Waals surface area (Å²) in [4.78, 5) is 45.5. The van der Waals surface area contributed by atoms with Crippen LogP contribution in [0.5, 0.6) is 0 Å². The van der Waals surface area contributed by atoms with E-state index < -0.39 is 38.9 Å². The van der Waals surface area contributed by atoms with Gasteiger partial charge in [0.25, 0.3) is 17.6 Å². The molecule has 3 heterocycles. The molecule has 1 atom stereocenters. The van der Waals surface area contributed by atoms with Gasteiger partial charge < -0.3 is 19.8 Å². The lowest BCUT2D eigenvalue weighted by atomic mass is 9.82. The molecule has 0 aliphatic carbocycles. The smallest absolute Gasteiger partial charge is 0.296 e. The minimum absolute atomic E-state index is 0.0281. The molecular weight excluding hydrogens is 520 g/mol. The van der Waals surface area contributed by atoms with Gasteiger partial charge in [0.1, 0.15) is 5.76 Å². The van der Waals surface area contributed by atoms with Crippen LogP contribution in [0.25, 0.3) is 5.76 Å². The fourth-order valence-electron chi connectivity index (χ4n) is 5.77. The van der Waals surface area contributed by atoms with Crippen molar-refractivity contribution in [2.45, 2.75) is 29.7 Å². The highest BCUT2D eigenvalue weighted by Crippen LogP contribution is 2.53. The number of hydrogen-bond donors (Lipinski definition) is 1. The van der Waals surface area contributed by atoms with E-state index in [1.807, 2.05) is 19.0 Å². The Balaban J connectivity index is 1.71. The van der Waals surface area contributed by atoms with Crippen molar-refractivity contribution in [3.63, 3.8) is 0 Å². The molecule has 0 aromatic heterocycles. The van der Waals surface area contributed by atoms with Crippen LogP contribution in [0.4, 0.5) is 5.69 Å². The van der Waals surface area contributed by atoms with Crippen LogP contribution in [0.2, 0.25) is 0 Å². The number of fused-ring (bicyclic) bond motifs is 2. The summed E-state index contributed by atoms with van der Waals surface area (Å²) in [6.45, 7) is 1.26. The van der Waals surface area contributed by atoms with Gasteiger partial charge in [-0.25, -0.2) is 8.42 Å². The van der Waals surface area contributed by atoms with Gasteiger partial charge in [0, 0.05) is 50.0 Å². The lowest BCUT2D eigenvalue weighted by Crippen LogP contribution is -2.52. The molecule has 0 saturated carbocycles. The van der Waals surface area contributed by atoms with E-state index in [1.54, 1.807) is 31.3 Å². The van der Waals surface area contributed by atoms with Gasteiger partial charge in [-0.15, -0.1) is 0 Å². The van der Waals surface area contributed by atoms with Crippen molar-refractivity contribution >= 4 is 39.1 Å². The van der Waals surface area contributed by atoms with E-state index in [4.69, 9.17) is 0 Å². The number of carbonyl (C=O) groups excluding carboxylic acids is 3. The minimum atomic E-state index is -3.83. The molecule has 1 unspecified atom stereocenters. The molecule has 2 aromatic carbocycles. The number of aliphatic hydroxyl groups is 1. The standard InChI is InChI=1S/C28H32N4O6S/c1-29(2)16-17-32-26(35)25(34)23(28(32)21-12-5-6-13-22(21)30(3)27(28)36)24(33)19-10-9-11-20(18-19)39(37,38)31-14-7-4-8-15-31/h5-6,9-13,18,33H,4,7-8,14-17H2,1-3H3/b24-23+. The third-order valence-electron chi connectivity index (χ3n) is 7.77. The third kappa shape index (κ3) is 4.07. The van der Waals surface area contributed by atoms with Crippen molar-refractivity contribution in [1.82, 2.24) is 14.1 Å². The first-order valence-electron chi connectivity index (χ1n) is 13.0. The number of piperidine rings is 1. The molecule has 2 amide bonds. The summed E-state index contributed by atoms with van der Waals surface area (Å²) < 4.78 is 28.1. The number of para-hydroxylation sites is 1. The average molecular weight is 553 g/mol. The number of anilines is 1. The molecule has 2 fully saturated rings. The van der Waals surface area contributed by atoms with Crippen molar-refractivity contribution in [2.75, 3.05) is 52.2 Å². The topological polar surface area (TPSA) is 119 Å². The fourth-order valence-corrected chi connectivity index (χ4v) is 7.34. The molecule has 0 bridgehead atoms. The Morgan fingerprint density at radius 3 is 2.38 bits per heavy atom. The molecule has 39 heavy (non-hydrogen) atoms. The van der Waals surface area contributed by atoms with Gasteiger partial charge in [-0.3, -0.25) is 14.4 Å². The van der Waals surface area contributed by atoms with E-state index in [1.165, 1.54) is 38.4 Å². The maximum atomic E-state index is 14.0. The van der Waals surface area contributed by atoms with Crippen LogP contribution in [-0.2, 0) is 29.9 Å². The van der Waals surface area contributed by atoms with Gasteiger partial charge in [0.15, 0.2) is 5.54 Å². The molecule has 2 aromatic rings. The molecule has 0 radical (unpaired) electrons. The lowest BCUT2D eigenvalue weighted by Gasteiger charge is -2.34. The maximum Gasteiger partial charge on any atom is 0.296 e. The minimum Gasteiger partial charge on any atom is -0.507 e. The summed E-state index contributed by atoms with van der Waals surface area (Å²) in [5.74, 6) is -3.02. The van der Waals surface area contributed by atoms with Crippen LogP contribution >= 0.6 is 0 Å². The molecule has 11 heteroatoms. The molecular formula is C28H32N4O6S. The summed E-state index contributed by atoms with van der Waals surface area (Å²) in [5, 5.41) is 11.6. The van der Waals surface area contributed by atoms with E-state index in [9.17, 15) is 27.9 Å². The zero-order valence-corrected chi connectivity index (χ0v) is 23.1. The first kappa shape index (κ1) is 27.0. The van der Waals surface area contributed by atoms with Gasteiger partial charge in [-0.1, -0.05) is 36.8 Å². The second-order valence-corrected chi connectivity index (χ2v) is 12.3. The summed E-state index contributed by atoms with van der Waals surface area (Å²) in [6.07, 6.45) is 2.50. The summed E-state index contributed by atoms with van der Waals surface area (Å²) in [6, 6.07) is 12.6. The number of carbonyl (C=O) groups is 3. The number of amides is 2. The number of aliphatic hydroxyl groups excluding tert-OH is 1. The molecule has 3 aliphatic rings. The predicted molar refractivity (Wildman–Crippen MR) is 145 cm³/mol. The van der Waals surface area contributed by atoms with Crippen LogP contribution < -0.4 is 4.90 Å². The monoisotopic (exact) mass is 552 g/mol. The quantitative estimate of drug-likeness (QED) is 0.331. The Morgan fingerprint density at radius 1 is 1.00 bits per heavy atom. The van der Waals surface area contributed by atoms with Gasteiger partial charge in [0.2, 0.25) is 10.0 Å². The van der Waals surface area contributed by atoms with Crippen LogP contribution in [0.1, 0.15) is 30.4 Å². The number of benzene rings is 2. The summed E-state index contributed by atoms with van der Waals surface area (Å²) >= 11 is 0. The van der Waals surface area contributed by atoms with Crippen LogP contribution in [0, 0.1) is 0 Å². The zero-order chi connectivity index (χ0) is 28.1. The first-order valence-corrected chi connectivity index (χ1v) is 14.4. The Labute approximate surface area is 228 Å². The lowest BCUT2D eigenvalue weighted by molar-refractivity contribution is -0.143. The van der Waals surface area contributed by atoms with Crippen molar-refractivity contribution in [3.8, 4) is 0 Å². The van der Waals surface area contributed by atoms with E-state index >= 15 is 0 Å². The number of hydrogen-bond acceptors (Lipinski definition) is 7. The van der Waals surface area contributed by atoms with Crippen molar-refractivity contribution in [2.24, 2.45) is 0 Å². The van der Waals surface area contributed by atoms with Crippen molar-refractivity contribution in [3.05, 3.63) is 65.2 Å². The Morgan fingerprint density at radius 2 is 1.69 bits per heavy atom. The highest BCUT2D eigenvalue weighted by Gasteiger charge is 2.66. The molecule has 5 rings (SSSR count). The van der Waals surface area contributed by atoms with Gasteiger partial charge in [-0.2, -0.15) is 4.31 Å². The van der Waals surface area contributed by atoms with E-state index in [0.717, 1.165) is 19.3 Å². The molecule has 1 spiro atoms. The van der Waals surface area contributed by atoms with Crippen molar-refractivity contribution in [1.29, 1.82) is 0 Å². The SMILES string of the molecule is CN(C)CCN1C(=O)C(=O)/C(=C(\O)c2cccc(S(=O)(=O)N3CCCCC3)c2)C12C(=O)N(C)c1ccccc12. The van der Waals surface area contributed by atoms with Crippen LogP contribution in [-0.4, -0.2) is 92.5 Å². The molecule has 2 saturated heterocycles. The molecule has 10 nitrogen and oxygen atoms in total. The van der Waals surface area contributed by atoms with Gasteiger partial charge >= 0.3 is 0 Å².